The van der Waals surface area contributed by atoms with Crippen LogP contribution in [0.3, 0.4) is 0 Å². The Kier molecular flexibility index (Phi) is 4.10. The number of nitrogens with one attached hydrogen (secondary N) is 1. The van der Waals surface area contributed by atoms with E-state index < -0.39 is 0 Å². The van der Waals surface area contributed by atoms with Crippen LogP contribution in [0.2, 0.25) is 0 Å². The Morgan fingerprint density at radius 1 is 1.45 bits per heavy atom. The molecule has 1 fully saturated rings. The fourth-order valence-corrected chi connectivity index (χ4v) is 3.47. The van der Waals surface area contributed by atoms with E-state index in [9.17, 15) is 0 Å². The number of hydrogen-bond acceptors (Lipinski definition) is 4. The molecule has 0 aliphatic heterocycles. The molecule has 1 aromatic heterocycles. The predicted octanol–water partition coefficient (Wildman–Crippen LogP) is 4.06. The fraction of sp³-hybridized carbons (Fsp3) is 0.400. The van der Waals surface area contributed by atoms with E-state index in [0.29, 0.717) is 6.04 Å². The van der Waals surface area contributed by atoms with Gasteiger partial charge in [-0.15, -0.1) is 11.3 Å². The van der Waals surface area contributed by atoms with Crippen molar-refractivity contribution in [2.24, 2.45) is 0 Å². The molecule has 3 nitrogen and oxygen atoms in total. The Balaban J connectivity index is 2.01. The van der Waals surface area contributed by atoms with Gasteiger partial charge < -0.3 is 10.1 Å². The normalized spacial score (nSPS) is 16.1. The lowest BCUT2D eigenvalue weighted by molar-refractivity contribution is 0.403. The van der Waals surface area contributed by atoms with Gasteiger partial charge in [-0.3, -0.25) is 0 Å². The van der Waals surface area contributed by atoms with Crippen molar-refractivity contribution in [2.75, 3.05) is 7.11 Å². The van der Waals surface area contributed by atoms with Crippen molar-refractivity contribution in [2.45, 2.75) is 31.8 Å². The Labute approximate surface area is 131 Å². The van der Waals surface area contributed by atoms with E-state index in [4.69, 9.17) is 4.74 Å². The van der Waals surface area contributed by atoms with E-state index in [2.05, 4.69) is 37.7 Å². The highest BCUT2D eigenvalue weighted by molar-refractivity contribution is 9.10. The fourth-order valence-electron chi connectivity index (χ4n) is 2.22. The number of hydrogen-bond donors (Lipinski definition) is 1. The zero-order valence-corrected chi connectivity index (χ0v) is 13.9. The van der Waals surface area contributed by atoms with Crippen molar-refractivity contribution in [1.82, 2.24) is 10.3 Å². The van der Waals surface area contributed by atoms with Crippen LogP contribution in [-0.2, 0) is 0 Å². The third-order valence-electron chi connectivity index (χ3n) is 3.37. The van der Waals surface area contributed by atoms with Crippen molar-refractivity contribution in [3.05, 3.63) is 44.3 Å². The van der Waals surface area contributed by atoms with Crippen LogP contribution < -0.4 is 10.1 Å². The van der Waals surface area contributed by atoms with E-state index >= 15 is 0 Å². The summed E-state index contributed by atoms with van der Waals surface area (Å²) in [6.07, 6.45) is 2.49. The summed E-state index contributed by atoms with van der Waals surface area (Å²) >= 11 is 5.26. The lowest BCUT2D eigenvalue weighted by Gasteiger charge is -2.19. The van der Waals surface area contributed by atoms with Gasteiger partial charge in [-0.1, -0.05) is 15.9 Å². The number of aryl methyl sites for hydroxylation is 1. The topological polar surface area (TPSA) is 34.1 Å². The third-order valence-corrected chi connectivity index (χ3v) is 4.89. The molecule has 1 aliphatic rings. The van der Waals surface area contributed by atoms with E-state index in [1.165, 1.54) is 12.8 Å². The van der Waals surface area contributed by atoms with Gasteiger partial charge in [0.2, 0.25) is 0 Å². The summed E-state index contributed by atoms with van der Waals surface area (Å²) in [6, 6.07) is 6.84. The van der Waals surface area contributed by atoms with Crippen molar-refractivity contribution in [1.29, 1.82) is 0 Å². The van der Waals surface area contributed by atoms with Crippen molar-refractivity contribution >= 4 is 27.3 Å². The molecule has 0 radical (unpaired) electrons. The van der Waals surface area contributed by atoms with Crippen LogP contribution in [0.5, 0.6) is 5.75 Å². The summed E-state index contributed by atoms with van der Waals surface area (Å²) < 4.78 is 6.59. The second-order valence-electron chi connectivity index (χ2n) is 5.09. The van der Waals surface area contributed by atoms with E-state index in [-0.39, 0.29) is 6.04 Å². The molecular formula is C15H17BrN2OS. The average molecular weight is 353 g/mol. The summed E-state index contributed by atoms with van der Waals surface area (Å²) in [5.74, 6) is 0.902. The zero-order chi connectivity index (χ0) is 14.1. The van der Waals surface area contributed by atoms with Gasteiger partial charge in [-0.05, 0) is 38.0 Å². The monoisotopic (exact) mass is 352 g/mol. The van der Waals surface area contributed by atoms with Gasteiger partial charge in [0.1, 0.15) is 10.8 Å². The molecule has 5 heteroatoms. The maximum atomic E-state index is 5.53. The molecule has 1 aliphatic carbocycles. The molecule has 0 bridgehead atoms. The van der Waals surface area contributed by atoms with Crippen LogP contribution >= 0.6 is 27.3 Å². The minimum absolute atomic E-state index is 0.105. The molecule has 1 aromatic carbocycles. The van der Waals surface area contributed by atoms with Gasteiger partial charge in [-0.2, -0.15) is 0 Å². The smallest absolute Gasteiger partial charge is 0.124 e. The molecular weight excluding hydrogens is 336 g/mol. The van der Waals surface area contributed by atoms with E-state index in [1.807, 2.05) is 19.1 Å². The highest BCUT2D eigenvalue weighted by atomic mass is 79.9. The zero-order valence-electron chi connectivity index (χ0n) is 11.5. The van der Waals surface area contributed by atoms with Crippen molar-refractivity contribution < 1.29 is 4.74 Å². The standard InChI is InChI=1S/C15H17BrN2OS/c1-9-8-20-15(17-9)14(18-11-4-5-11)12-7-10(16)3-6-13(12)19-2/h3,6-8,11,14,18H,4-5H2,1-2H3. The summed E-state index contributed by atoms with van der Waals surface area (Å²) in [6.45, 7) is 2.03. The van der Waals surface area contributed by atoms with Gasteiger partial charge in [0.25, 0.3) is 0 Å². The lowest BCUT2D eigenvalue weighted by Crippen LogP contribution is -2.25. The predicted molar refractivity (Wildman–Crippen MR) is 85.5 cm³/mol. The minimum atomic E-state index is 0.105. The Morgan fingerprint density at radius 2 is 2.25 bits per heavy atom. The molecule has 0 spiro atoms. The Bertz CT molecular complexity index is 610. The van der Waals surface area contributed by atoms with Crippen LogP contribution in [0.25, 0.3) is 0 Å². The summed E-state index contributed by atoms with van der Waals surface area (Å²) in [7, 11) is 1.72. The highest BCUT2D eigenvalue weighted by Crippen LogP contribution is 2.36. The summed E-state index contributed by atoms with van der Waals surface area (Å²) in [4.78, 5) is 4.66. The number of benzene rings is 1. The maximum absolute atomic E-state index is 5.53. The number of nitrogens with zero attached hydrogens (tertiary/aromatic N) is 1. The van der Waals surface area contributed by atoms with Crippen LogP contribution in [0.4, 0.5) is 0 Å². The first-order valence-electron chi connectivity index (χ1n) is 6.69. The number of methoxy groups -OCH3 is 1. The van der Waals surface area contributed by atoms with Crippen molar-refractivity contribution in [3.8, 4) is 5.75 Å². The molecule has 1 saturated carbocycles. The molecule has 1 heterocycles. The van der Waals surface area contributed by atoms with Crippen LogP contribution in [0.1, 0.15) is 35.1 Å². The van der Waals surface area contributed by atoms with Gasteiger partial charge in [0.15, 0.2) is 0 Å². The van der Waals surface area contributed by atoms with Crippen LogP contribution in [0.15, 0.2) is 28.1 Å². The molecule has 1 N–H and O–H groups in total. The molecule has 2 aromatic rings. The van der Waals surface area contributed by atoms with Gasteiger partial charge >= 0.3 is 0 Å². The lowest BCUT2D eigenvalue weighted by atomic mass is 10.1. The van der Waals surface area contributed by atoms with E-state index in [1.54, 1.807) is 18.4 Å². The quantitative estimate of drug-likeness (QED) is 0.880. The first-order valence-corrected chi connectivity index (χ1v) is 8.36. The Morgan fingerprint density at radius 3 is 2.85 bits per heavy atom. The molecule has 106 valence electrons. The molecule has 1 unspecified atom stereocenters. The highest BCUT2D eigenvalue weighted by Gasteiger charge is 2.29. The number of aromatic nitrogens is 1. The second-order valence-corrected chi connectivity index (χ2v) is 6.89. The third kappa shape index (κ3) is 3.05. The first-order chi connectivity index (χ1) is 9.67. The van der Waals surface area contributed by atoms with Crippen molar-refractivity contribution in [3.63, 3.8) is 0 Å². The van der Waals surface area contributed by atoms with E-state index in [0.717, 1.165) is 26.5 Å². The van der Waals surface area contributed by atoms with Gasteiger partial charge in [0.05, 0.1) is 13.2 Å². The largest absolute Gasteiger partial charge is 0.496 e. The number of halogens is 1. The Hall–Kier alpha value is -0.910. The first kappa shape index (κ1) is 14.0. The molecule has 1 atom stereocenters. The molecule has 0 saturated heterocycles. The summed E-state index contributed by atoms with van der Waals surface area (Å²) in [5, 5.41) is 6.89. The number of thiazole rings is 1. The van der Waals surface area contributed by atoms with Gasteiger partial charge in [-0.25, -0.2) is 4.98 Å². The minimum Gasteiger partial charge on any atom is -0.496 e. The maximum Gasteiger partial charge on any atom is 0.124 e. The number of rotatable bonds is 5. The van der Waals surface area contributed by atoms with Gasteiger partial charge in [0, 0.05) is 27.2 Å². The average Bonchev–Trinajstić information content (AvgIpc) is 3.16. The summed E-state index contributed by atoms with van der Waals surface area (Å²) in [5.41, 5.74) is 2.21. The van der Waals surface area contributed by atoms with Crippen LogP contribution in [0, 0.1) is 6.92 Å². The molecule has 20 heavy (non-hydrogen) atoms. The van der Waals surface area contributed by atoms with Crippen LogP contribution in [-0.4, -0.2) is 18.1 Å². The number of ether oxygens (including phenoxy) is 1. The molecule has 0 amide bonds. The SMILES string of the molecule is COc1ccc(Br)cc1C(NC1CC1)c1nc(C)cs1. The molecule has 3 rings (SSSR count). The second kappa shape index (κ2) is 5.84.